The number of hydrogen-bond acceptors (Lipinski definition) is 7. The molecule has 3 aromatic carbocycles. The fourth-order valence-corrected chi connectivity index (χ4v) is 5.41. The highest BCUT2D eigenvalue weighted by molar-refractivity contribution is 8.03. The Kier molecular flexibility index (Phi) is 9.08. The number of allylic oxidation sites excluding steroid dienone is 2. The second-order valence-electron chi connectivity index (χ2n) is 8.47. The number of hydrogen-bond donors (Lipinski definition) is 2. The van der Waals surface area contributed by atoms with Crippen molar-refractivity contribution in [2.75, 3.05) is 31.4 Å². The van der Waals surface area contributed by atoms with Gasteiger partial charge >= 0.3 is 5.97 Å². The highest BCUT2D eigenvalue weighted by Gasteiger charge is 2.36. The van der Waals surface area contributed by atoms with E-state index in [0.29, 0.717) is 27.0 Å². The Morgan fingerprint density at radius 2 is 1.82 bits per heavy atom. The summed E-state index contributed by atoms with van der Waals surface area (Å²) in [6.45, 7) is 2.06. The van der Waals surface area contributed by atoms with E-state index in [9.17, 15) is 14.9 Å². The maximum atomic E-state index is 13.1. The normalized spacial score (nSPS) is 15.2. The maximum absolute atomic E-state index is 13.1. The third-order valence-corrected chi connectivity index (χ3v) is 7.38. The average Bonchev–Trinajstić information content (AvgIpc) is 2.92. The highest BCUT2D eigenvalue weighted by atomic mass is 35.5. The van der Waals surface area contributed by atoms with E-state index >= 15 is 0 Å². The van der Waals surface area contributed by atoms with Crippen molar-refractivity contribution < 1.29 is 19.1 Å². The molecule has 0 bridgehead atoms. The number of rotatable bonds is 9. The van der Waals surface area contributed by atoms with Gasteiger partial charge in [0.2, 0.25) is 5.91 Å². The Morgan fingerprint density at radius 1 is 1.08 bits per heavy atom. The molecular weight excluding hydrogens is 522 g/mol. The van der Waals surface area contributed by atoms with Gasteiger partial charge < -0.3 is 20.1 Å². The first kappa shape index (κ1) is 27.3. The molecule has 38 heavy (non-hydrogen) atoms. The summed E-state index contributed by atoms with van der Waals surface area (Å²) in [5, 5.41) is 19.2. The van der Waals surface area contributed by atoms with E-state index in [1.54, 1.807) is 31.2 Å². The van der Waals surface area contributed by atoms with Crippen LogP contribution >= 0.6 is 23.4 Å². The van der Waals surface area contributed by atoms with Crippen LogP contribution in [-0.2, 0) is 19.1 Å². The van der Waals surface area contributed by atoms with Crippen molar-refractivity contribution in [1.29, 1.82) is 5.26 Å². The number of carbonyl (C=O) groups is 2. The van der Waals surface area contributed by atoms with Crippen molar-refractivity contribution in [3.63, 3.8) is 0 Å². The molecule has 7 nitrogen and oxygen atoms in total. The van der Waals surface area contributed by atoms with Crippen LogP contribution in [0, 0.1) is 11.3 Å². The lowest BCUT2D eigenvalue weighted by atomic mass is 9.82. The van der Waals surface area contributed by atoms with Gasteiger partial charge in [-0.1, -0.05) is 78.0 Å². The summed E-state index contributed by atoms with van der Waals surface area (Å²) < 4.78 is 10.4. The molecule has 0 saturated heterocycles. The first-order valence-corrected chi connectivity index (χ1v) is 13.2. The molecule has 1 aliphatic rings. The Labute approximate surface area is 230 Å². The number of halogens is 1. The molecule has 1 heterocycles. The van der Waals surface area contributed by atoms with Crippen LogP contribution in [-0.4, -0.2) is 38.0 Å². The van der Waals surface area contributed by atoms with E-state index in [0.717, 1.165) is 10.8 Å². The Morgan fingerprint density at radius 3 is 2.58 bits per heavy atom. The van der Waals surface area contributed by atoms with Gasteiger partial charge in [0.15, 0.2) is 0 Å². The molecule has 9 heteroatoms. The van der Waals surface area contributed by atoms with E-state index in [2.05, 4.69) is 16.7 Å². The summed E-state index contributed by atoms with van der Waals surface area (Å²) >= 11 is 7.71. The van der Waals surface area contributed by atoms with Crippen molar-refractivity contribution in [3.05, 3.63) is 99.2 Å². The number of amides is 1. The molecule has 0 saturated carbocycles. The van der Waals surface area contributed by atoms with Crippen LogP contribution in [0.5, 0.6) is 0 Å². The van der Waals surface area contributed by atoms with Crippen molar-refractivity contribution in [2.45, 2.75) is 12.8 Å². The molecule has 0 aromatic heterocycles. The maximum Gasteiger partial charge on any atom is 0.336 e. The van der Waals surface area contributed by atoms with Gasteiger partial charge in [-0.15, -0.1) is 0 Å². The number of nitrogens with one attached hydrogen (secondary N) is 2. The molecule has 3 aromatic rings. The monoisotopic (exact) mass is 547 g/mol. The van der Waals surface area contributed by atoms with Gasteiger partial charge in [-0.3, -0.25) is 4.79 Å². The minimum Gasteiger partial charge on any atom is -0.460 e. The number of carbonyl (C=O) groups excluding carboxylic acids is 2. The van der Waals surface area contributed by atoms with Gasteiger partial charge in [-0.25, -0.2) is 4.79 Å². The minimum atomic E-state index is -0.756. The zero-order valence-corrected chi connectivity index (χ0v) is 22.5. The lowest BCUT2D eigenvalue weighted by Gasteiger charge is -2.29. The summed E-state index contributed by atoms with van der Waals surface area (Å²) in [4.78, 5) is 26.0. The third kappa shape index (κ3) is 6.03. The van der Waals surface area contributed by atoms with Gasteiger partial charge in [0.25, 0.3) is 0 Å². The van der Waals surface area contributed by atoms with Gasteiger partial charge in [0, 0.05) is 28.9 Å². The lowest BCUT2D eigenvalue weighted by Crippen LogP contribution is -2.30. The summed E-state index contributed by atoms with van der Waals surface area (Å²) in [6.07, 6.45) is 0. The summed E-state index contributed by atoms with van der Waals surface area (Å²) in [5.41, 5.74) is 2.41. The molecule has 194 valence electrons. The fraction of sp³-hybridized carbons (Fsp3) is 0.207. The van der Waals surface area contributed by atoms with Crippen LogP contribution in [0.25, 0.3) is 10.8 Å². The molecule has 1 aliphatic heterocycles. The Balaban J connectivity index is 1.60. The predicted molar refractivity (Wildman–Crippen MR) is 151 cm³/mol. The lowest BCUT2D eigenvalue weighted by molar-refractivity contribution is -0.140. The number of fused-ring (bicyclic) bond motifs is 1. The summed E-state index contributed by atoms with van der Waals surface area (Å²) in [7, 11) is 1.52. The number of dihydropyridines is 1. The zero-order chi connectivity index (χ0) is 27.1. The van der Waals surface area contributed by atoms with Crippen LogP contribution in [0.15, 0.2) is 88.6 Å². The second kappa shape index (κ2) is 12.7. The molecule has 4 rings (SSSR count). The number of thioether (sulfide) groups is 1. The molecule has 0 radical (unpaired) electrons. The number of ether oxygens (including phenoxy) is 2. The Hall–Kier alpha value is -3.77. The minimum absolute atomic E-state index is 0.0485. The number of benzene rings is 3. The van der Waals surface area contributed by atoms with E-state index < -0.39 is 11.9 Å². The van der Waals surface area contributed by atoms with Crippen molar-refractivity contribution in [2.24, 2.45) is 0 Å². The van der Waals surface area contributed by atoms with E-state index in [1.807, 2.05) is 42.5 Å². The van der Waals surface area contributed by atoms with Crippen molar-refractivity contribution >= 4 is 51.7 Å². The smallest absolute Gasteiger partial charge is 0.336 e. The zero-order valence-electron chi connectivity index (χ0n) is 20.9. The molecule has 2 N–H and O–H groups in total. The Bertz CT molecular complexity index is 1470. The van der Waals surface area contributed by atoms with Crippen LogP contribution < -0.4 is 10.6 Å². The number of nitriles is 1. The number of anilines is 1. The first-order valence-electron chi connectivity index (χ1n) is 11.9. The predicted octanol–water partition coefficient (Wildman–Crippen LogP) is 5.75. The van der Waals surface area contributed by atoms with E-state index in [4.69, 9.17) is 21.1 Å². The quantitative estimate of drug-likeness (QED) is 0.260. The summed E-state index contributed by atoms with van der Waals surface area (Å²) in [5.74, 6) is -1.50. The average molecular weight is 548 g/mol. The van der Waals surface area contributed by atoms with Crippen LogP contribution in [0.2, 0.25) is 5.02 Å². The summed E-state index contributed by atoms with van der Waals surface area (Å²) in [6, 6.07) is 22.8. The standard InChI is InChI=1S/C29H26ClN3O4S/c1-18-26(29(35)37-15-14-36-2)27(21-11-5-6-12-23(21)30)22(16-31)28(32-18)38-17-25(34)33-24-13-7-9-19-8-3-4-10-20(19)24/h3-13,27,32H,14-15,17H2,1-2H3,(H,33,34)/t27-/m0/s1. The molecule has 0 unspecified atom stereocenters. The topological polar surface area (TPSA) is 100 Å². The van der Waals surface area contributed by atoms with E-state index in [-0.39, 0.29) is 36.0 Å². The molecule has 1 amide bonds. The third-order valence-electron chi connectivity index (χ3n) is 6.02. The van der Waals surface area contributed by atoms with Crippen molar-refractivity contribution in [1.82, 2.24) is 5.32 Å². The molecular formula is C29H26ClN3O4S. The van der Waals surface area contributed by atoms with Gasteiger partial charge in [-0.05, 0) is 30.0 Å². The highest BCUT2D eigenvalue weighted by Crippen LogP contribution is 2.43. The van der Waals surface area contributed by atoms with Crippen LogP contribution in [0.1, 0.15) is 18.4 Å². The van der Waals surface area contributed by atoms with Crippen LogP contribution in [0.3, 0.4) is 0 Å². The van der Waals surface area contributed by atoms with Gasteiger partial charge in [-0.2, -0.15) is 5.26 Å². The van der Waals surface area contributed by atoms with Gasteiger partial charge in [0.1, 0.15) is 6.61 Å². The fourth-order valence-electron chi connectivity index (χ4n) is 4.27. The van der Waals surface area contributed by atoms with E-state index in [1.165, 1.54) is 18.9 Å². The first-order chi connectivity index (χ1) is 18.4. The van der Waals surface area contributed by atoms with Crippen molar-refractivity contribution in [3.8, 4) is 6.07 Å². The molecule has 0 spiro atoms. The number of esters is 1. The number of methoxy groups -OCH3 is 1. The second-order valence-corrected chi connectivity index (χ2v) is 9.86. The number of nitrogens with zero attached hydrogens (tertiary/aromatic N) is 1. The van der Waals surface area contributed by atoms with Crippen LogP contribution in [0.4, 0.5) is 5.69 Å². The molecule has 0 fully saturated rings. The largest absolute Gasteiger partial charge is 0.460 e. The van der Waals surface area contributed by atoms with Gasteiger partial charge in [0.05, 0.1) is 40.5 Å². The molecule has 1 atom stereocenters. The molecule has 0 aliphatic carbocycles. The SMILES string of the molecule is COCCOC(=O)C1=C(C)NC(SCC(=O)Nc2cccc3ccccc23)=C(C#N)[C@@H]1c1ccccc1Cl.